The third-order valence-electron chi connectivity index (χ3n) is 2.96. The zero-order chi connectivity index (χ0) is 13.1. The number of nitrogens with one attached hydrogen (secondary N) is 2. The maximum atomic E-state index is 13.0. The van der Waals surface area contributed by atoms with Crippen LogP contribution in [0.25, 0.3) is 0 Å². The summed E-state index contributed by atoms with van der Waals surface area (Å²) in [6.45, 7) is 1.24. The zero-order valence-corrected chi connectivity index (χ0v) is 9.87. The van der Waals surface area contributed by atoms with Crippen LogP contribution in [0.3, 0.4) is 0 Å². The van der Waals surface area contributed by atoms with Gasteiger partial charge in [0.25, 0.3) is 5.91 Å². The van der Waals surface area contributed by atoms with Crippen LogP contribution in [0.2, 0.25) is 0 Å². The molecule has 4 nitrogen and oxygen atoms in total. The van der Waals surface area contributed by atoms with Gasteiger partial charge in [0, 0.05) is 25.8 Å². The lowest BCUT2D eigenvalue weighted by atomic mass is 10.1. The van der Waals surface area contributed by atoms with Gasteiger partial charge in [-0.25, -0.2) is 8.78 Å². The smallest absolute Gasteiger partial charge is 0.251 e. The van der Waals surface area contributed by atoms with Crippen molar-refractivity contribution in [2.24, 2.45) is 0 Å². The topological polar surface area (TPSA) is 50.4 Å². The minimum absolute atomic E-state index is 0.0932. The van der Waals surface area contributed by atoms with E-state index in [0.29, 0.717) is 13.1 Å². The van der Waals surface area contributed by atoms with Gasteiger partial charge in [0.2, 0.25) is 0 Å². The van der Waals surface area contributed by atoms with E-state index in [9.17, 15) is 13.6 Å². The summed E-state index contributed by atoms with van der Waals surface area (Å²) in [5, 5.41) is 5.80. The highest BCUT2D eigenvalue weighted by molar-refractivity contribution is 5.94. The lowest BCUT2D eigenvalue weighted by Crippen LogP contribution is -2.43. The largest absolute Gasteiger partial charge is 0.378 e. The summed E-state index contributed by atoms with van der Waals surface area (Å²) in [7, 11) is 1.56. The highest BCUT2D eigenvalue weighted by atomic mass is 19.2. The Hall–Kier alpha value is -1.53. The molecule has 98 valence electrons. The minimum Gasteiger partial charge on any atom is -0.378 e. The molecule has 0 aromatic heterocycles. The van der Waals surface area contributed by atoms with Crippen molar-refractivity contribution in [2.45, 2.75) is 12.1 Å². The van der Waals surface area contributed by atoms with Crippen LogP contribution in [0.15, 0.2) is 18.2 Å². The molecule has 0 aliphatic carbocycles. The van der Waals surface area contributed by atoms with Gasteiger partial charge >= 0.3 is 0 Å². The molecule has 0 spiro atoms. The lowest BCUT2D eigenvalue weighted by molar-refractivity contribution is 0.0779. The molecule has 0 radical (unpaired) electrons. The van der Waals surface area contributed by atoms with Gasteiger partial charge in [0.05, 0.1) is 12.1 Å². The van der Waals surface area contributed by atoms with E-state index >= 15 is 0 Å². The Morgan fingerprint density at radius 1 is 1.39 bits per heavy atom. The first-order chi connectivity index (χ1) is 8.61. The van der Waals surface area contributed by atoms with Gasteiger partial charge in [-0.05, 0) is 18.2 Å². The second kappa shape index (κ2) is 5.41. The molecule has 0 bridgehead atoms. The van der Waals surface area contributed by atoms with Crippen molar-refractivity contribution in [1.82, 2.24) is 10.6 Å². The second-order valence-electron chi connectivity index (χ2n) is 4.14. The quantitative estimate of drug-likeness (QED) is 0.836. The van der Waals surface area contributed by atoms with Crippen LogP contribution in [-0.4, -0.2) is 38.3 Å². The molecule has 1 aliphatic heterocycles. The van der Waals surface area contributed by atoms with Crippen LogP contribution in [0, 0.1) is 11.6 Å². The Kier molecular flexibility index (Phi) is 3.88. The Labute approximate surface area is 103 Å². The average molecular weight is 256 g/mol. The van der Waals surface area contributed by atoms with E-state index in [1.54, 1.807) is 7.11 Å². The van der Waals surface area contributed by atoms with Gasteiger partial charge in [-0.1, -0.05) is 0 Å². The number of halogens is 2. The van der Waals surface area contributed by atoms with Gasteiger partial charge in [0.15, 0.2) is 11.6 Å². The Balaban J connectivity index is 2.05. The predicted molar refractivity (Wildman–Crippen MR) is 61.3 cm³/mol. The Bertz CT molecular complexity index is 454. The van der Waals surface area contributed by atoms with Crippen molar-refractivity contribution in [2.75, 3.05) is 20.2 Å². The van der Waals surface area contributed by atoms with Crippen molar-refractivity contribution < 1.29 is 18.3 Å². The molecule has 2 atom stereocenters. The maximum Gasteiger partial charge on any atom is 0.251 e. The third-order valence-corrected chi connectivity index (χ3v) is 2.96. The zero-order valence-electron chi connectivity index (χ0n) is 9.87. The number of methoxy groups -OCH3 is 1. The molecule has 2 rings (SSSR count). The van der Waals surface area contributed by atoms with Crippen LogP contribution in [-0.2, 0) is 4.74 Å². The Morgan fingerprint density at radius 3 is 2.83 bits per heavy atom. The first-order valence-corrected chi connectivity index (χ1v) is 5.61. The van der Waals surface area contributed by atoms with Crippen molar-refractivity contribution in [3.05, 3.63) is 35.4 Å². The number of carbonyl (C=O) groups excluding carboxylic acids is 1. The lowest BCUT2D eigenvalue weighted by Gasteiger charge is -2.18. The highest BCUT2D eigenvalue weighted by Crippen LogP contribution is 2.10. The first-order valence-electron chi connectivity index (χ1n) is 5.61. The van der Waals surface area contributed by atoms with Crippen LogP contribution < -0.4 is 10.6 Å². The van der Waals surface area contributed by atoms with E-state index in [-0.39, 0.29) is 17.7 Å². The fourth-order valence-corrected chi connectivity index (χ4v) is 1.94. The molecule has 6 heteroatoms. The van der Waals surface area contributed by atoms with Gasteiger partial charge in [-0.2, -0.15) is 0 Å². The number of amides is 1. The van der Waals surface area contributed by atoms with E-state index in [4.69, 9.17) is 4.74 Å². The molecule has 1 unspecified atom stereocenters. The molecule has 2 N–H and O–H groups in total. The van der Waals surface area contributed by atoms with Gasteiger partial charge in [-0.15, -0.1) is 0 Å². The number of hydrogen-bond donors (Lipinski definition) is 2. The van der Waals surface area contributed by atoms with Crippen molar-refractivity contribution >= 4 is 5.91 Å². The fraction of sp³-hybridized carbons (Fsp3) is 0.417. The molecule has 18 heavy (non-hydrogen) atoms. The Morgan fingerprint density at radius 2 is 2.17 bits per heavy atom. The summed E-state index contributed by atoms with van der Waals surface area (Å²) in [6.07, 6.45) is -0.112. The van der Waals surface area contributed by atoms with Crippen LogP contribution in [0.5, 0.6) is 0 Å². The summed E-state index contributed by atoms with van der Waals surface area (Å²) in [5.41, 5.74) is 0.0932. The van der Waals surface area contributed by atoms with Crippen LogP contribution in [0.4, 0.5) is 8.78 Å². The molecular formula is C12H14F2N2O2. The van der Waals surface area contributed by atoms with E-state index in [1.807, 2.05) is 0 Å². The molecule has 1 amide bonds. The third kappa shape index (κ3) is 2.65. The maximum absolute atomic E-state index is 13.0. The van der Waals surface area contributed by atoms with Crippen molar-refractivity contribution in [3.63, 3.8) is 0 Å². The van der Waals surface area contributed by atoms with E-state index in [1.165, 1.54) is 6.07 Å². The van der Waals surface area contributed by atoms with Crippen LogP contribution >= 0.6 is 0 Å². The number of carbonyl (C=O) groups is 1. The number of ether oxygens (including phenoxy) is 1. The standard InChI is InChI=1S/C12H14F2N2O2/c1-18-11-6-15-5-10(11)16-12(17)7-2-3-8(13)9(14)4-7/h2-4,10-11,15H,5-6H2,1H3,(H,16,17)/t10?,11-/m0/s1. The van der Waals surface area contributed by atoms with Gasteiger partial charge < -0.3 is 15.4 Å². The van der Waals surface area contributed by atoms with Crippen LogP contribution in [0.1, 0.15) is 10.4 Å². The molecular weight excluding hydrogens is 242 g/mol. The normalized spacial score (nSPS) is 23.1. The van der Waals surface area contributed by atoms with Crippen molar-refractivity contribution in [1.29, 1.82) is 0 Å². The molecule has 1 aromatic rings. The number of rotatable bonds is 3. The number of hydrogen-bond acceptors (Lipinski definition) is 3. The number of benzene rings is 1. The molecule has 1 aliphatic rings. The fourth-order valence-electron chi connectivity index (χ4n) is 1.94. The molecule has 1 heterocycles. The molecule has 1 saturated heterocycles. The second-order valence-corrected chi connectivity index (χ2v) is 4.14. The molecule has 1 fully saturated rings. The first kappa shape index (κ1) is 12.9. The van der Waals surface area contributed by atoms with E-state index < -0.39 is 17.5 Å². The molecule has 0 saturated carbocycles. The SMILES string of the molecule is CO[C@H]1CNCC1NC(=O)c1ccc(F)c(F)c1. The monoisotopic (exact) mass is 256 g/mol. The summed E-state index contributed by atoms with van der Waals surface area (Å²) >= 11 is 0. The van der Waals surface area contributed by atoms with E-state index in [2.05, 4.69) is 10.6 Å². The summed E-state index contributed by atoms with van der Waals surface area (Å²) in [5.74, 6) is -2.44. The van der Waals surface area contributed by atoms with E-state index in [0.717, 1.165) is 12.1 Å². The summed E-state index contributed by atoms with van der Waals surface area (Å²) in [6, 6.07) is 2.90. The highest BCUT2D eigenvalue weighted by Gasteiger charge is 2.28. The summed E-state index contributed by atoms with van der Waals surface area (Å²) < 4.78 is 30.9. The van der Waals surface area contributed by atoms with Gasteiger partial charge in [0.1, 0.15) is 0 Å². The van der Waals surface area contributed by atoms with Crippen molar-refractivity contribution in [3.8, 4) is 0 Å². The predicted octanol–water partition coefficient (Wildman–Crippen LogP) is 0.681. The average Bonchev–Trinajstić information content (AvgIpc) is 2.79. The summed E-state index contributed by atoms with van der Waals surface area (Å²) in [4.78, 5) is 11.8. The minimum atomic E-state index is -1.03. The van der Waals surface area contributed by atoms with Gasteiger partial charge in [-0.3, -0.25) is 4.79 Å². The molecule has 1 aromatic carbocycles.